The van der Waals surface area contributed by atoms with Crippen LogP contribution in [-0.4, -0.2) is 11.5 Å². The van der Waals surface area contributed by atoms with Crippen LogP contribution in [0, 0.1) is 0 Å². The predicted molar refractivity (Wildman–Crippen MR) is 47.2 cm³/mol. The standard InChI is InChI=1S/C9H9ClO2/c1-7(10)12-9(11)8-5-3-2-4-6-8/h2-7H,1H3/t7-/m0/s1. The van der Waals surface area contributed by atoms with E-state index in [9.17, 15) is 4.79 Å². The van der Waals surface area contributed by atoms with Crippen LogP contribution in [0.2, 0.25) is 0 Å². The zero-order valence-electron chi connectivity index (χ0n) is 6.66. The Morgan fingerprint density at radius 1 is 1.42 bits per heavy atom. The van der Waals surface area contributed by atoms with Crippen LogP contribution < -0.4 is 0 Å². The number of carbonyl (C=O) groups excluding carboxylic acids is 1. The Hall–Kier alpha value is -1.02. The quantitative estimate of drug-likeness (QED) is 0.521. The van der Waals surface area contributed by atoms with Gasteiger partial charge in [0.15, 0.2) is 5.56 Å². The van der Waals surface area contributed by atoms with Gasteiger partial charge in [-0.3, -0.25) is 0 Å². The van der Waals surface area contributed by atoms with Gasteiger partial charge in [0.05, 0.1) is 5.56 Å². The summed E-state index contributed by atoms with van der Waals surface area (Å²) < 4.78 is 4.76. The predicted octanol–water partition coefficient (Wildman–Crippen LogP) is 2.43. The minimum atomic E-state index is -0.585. The summed E-state index contributed by atoms with van der Waals surface area (Å²) >= 11 is 5.48. The largest absolute Gasteiger partial charge is 0.443 e. The van der Waals surface area contributed by atoms with E-state index in [1.165, 1.54) is 0 Å². The molecule has 0 fully saturated rings. The number of hydrogen-bond acceptors (Lipinski definition) is 2. The van der Waals surface area contributed by atoms with Crippen molar-refractivity contribution in [3.05, 3.63) is 35.9 Å². The van der Waals surface area contributed by atoms with Gasteiger partial charge >= 0.3 is 5.97 Å². The van der Waals surface area contributed by atoms with Crippen molar-refractivity contribution in [3.63, 3.8) is 0 Å². The van der Waals surface area contributed by atoms with Gasteiger partial charge in [-0.25, -0.2) is 4.79 Å². The molecule has 0 radical (unpaired) electrons. The number of esters is 1. The average molecular weight is 185 g/mol. The molecule has 0 amide bonds. The Labute approximate surface area is 76.1 Å². The molecule has 12 heavy (non-hydrogen) atoms. The highest BCUT2D eigenvalue weighted by Crippen LogP contribution is 2.05. The lowest BCUT2D eigenvalue weighted by Crippen LogP contribution is -2.09. The second-order valence-electron chi connectivity index (χ2n) is 2.31. The molecule has 0 bridgehead atoms. The highest BCUT2D eigenvalue weighted by atomic mass is 35.5. The third kappa shape index (κ3) is 2.55. The lowest BCUT2D eigenvalue weighted by Gasteiger charge is -2.04. The molecule has 0 aliphatic carbocycles. The maximum absolute atomic E-state index is 11.1. The van der Waals surface area contributed by atoms with Crippen molar-refractivity contribution < 1.29 is 9.53 Å². The molecule has 0 spiro atoms. The molecule has 0 saturated carbocycles. The van der Waals surface area contributed by atoms with Crippen LogP contribution in [-0.2, 0) is 4.74 Å². The minimum Gasteiger partial charge on any atom is -0.443 e. The molecule has 64 valence electrons. The molecule has 0 N–H and O–H groups in total. The lowest BCUT2D eigenvalue weighted by molar-refractivity contribution is 0.0472. The summed E-state index contributed by atoms with van der Waals surface area (Å²) in [5, 5.41) is 0. The number of rotatable bonds is 2. The zero-order valence-corrected chi connectivity index (χ0v) is 7.41. The second-order valence-corrected chi connectivity index (χ2v) is 2.93. The second kappa shape index (κ2) is 4.12. The summed E-state index contributed by atoms with van der Waals surface area (Å²) in [6, 6.07) is 8.75. The SMILES string of the molecule is C[C@@H](Cl)OC(=O)c1ccccc1. The molecule has 1 rings (SSSR count). The van der Waals surface area contributed by atoms with E-state index < -0.39 is 11.5 Å². The van der Waals surface area contributed by atoms with Crippen molar-refractivity contribution >= 4 is 17.6 Å². The summed E-state index contributed by atoms with van der Waals surface area (Å²) in [5.74, 6) is -0.391. The molecule has 0 heterocycles. The van der Waals surface area contributed by atoms with Crippen LogP contribution in [0.15, 0.2) is 30.3 Å². The van der Waals surface area contributed by atoms with Gasteiger partial charge in [0.2, 0.25) is 0 Å². The van der Waals surface area contributed by atoms with Crippen LogP contribution in [0.25, 0.3) is 0 Å². The fourth-order valence-corrected chi connectivity index (χ4v) is 0.871. The zero-order chi connectivity index (χ0) is 8.97. The first-order valence-electron chi connectivity index (χ1n) is 3.60. The van der Waals surface area contributed by atoms with Crippen LogP contribution in [0.4, 0.5) is 0 Å². The smallest absolute Gasteiger partial charge is 0.339 e. The molecular weight excluding hydrogens is 176 g/mol. The Morgan fingerprint density at radius 2 is 2.00 bits per heavy atom. The molecule has 1 aromatic carbocycles. The first-order valence-corrected chi connectivity index (χ1v) is 4.04. The number of ether oxygens (including phenoxy) is 1. The molecule has 0 aliphatic heterocycles. The van der Waals surface area contributed by atoms with E-state index in [2.05, 4.69) is 0 Å². The summed E-state index contributed by atoms with van der Waals surface area (Å²) in [6.07, 6.45) is 0. The maximum atomic E-state index is 11.1. The summed E-state index contributed by atoms with van der Waals surface area (Å²) in [6.45, 7) is 1.60. The van der Waals surface area contributed by atoms with Gasteiger partial charge in [-0.05, 0) is 19.1 Å². The van der Waals surface area contributed by atoms with E-state index in [1.54, 1.807) is 31.2 Å². The number of halogens is 1. The van der Waals surface area contributed by atoms with Crippen molar-refractivity contribution in [1.82, 2.24) is 0 Å². The third-order valence-electron chi connectivity index (χ3n) is 1.28. The first-order chi connectivity index (χ1) is 5.70. The van der Waals surface area contributed by atoms with Crippen LogP contribution in [0.1, 0.15) is 17.3 Å². The van der Waals surface area contributed by atoms with Crippen molar-refractivity contribution in [1.29, 1.82) is 0 Å². The van der Waals surface area contributed by atoms with Crippen molar-refractivity contribution in [2.24, 2.45) is 0 Å². The molecule has 0 aliphatic rings. The summed E-state index contributed by atoms with van der Waals surface area (Å²) in [5.41, 5.74) is -0.0669. The normalized spacial score (nSPS) is 12.2. The van der Waals surface area contributed by atoms with Crippen molar-refractivity contribution in [2.45, 2.75) is 12.5 Å². The van der Waals surface area contributed by atoms with Gasteiger partial charge < -0.3 is 4.74 Å². The lowest BCUT2D eigenvalue weighted by atomic mass is 10.2. The van der Waals surface area contributed by atoms with Crippen molar-refractivity contribution in [3.8, 4) is 0 Å². The van der Waals surface area contributed by atoms with Crippen LogP contribution in [0.3, 0.4) is 0 Å². The van der Waals surface area contributed by atoms with Crippen LogP contribution >= 0.6 is 11.6 Å². The Balaban J connectivity index is 2.66. The maximum Gasteiger partial charge on any atom is 0.339 e. The van der Waals surface area contributed by atoms with Gasteiger partial charge in [-0.2, -0.15) is 0 Å². The van der Waals surface area contributed by atoms with E-state index in [4.69, 9.17) is 16.3 Å². The molecule has 3 heteroatoms. The van der Waals surface area contributed by atoms with Gasteiger partial charge in [0.1, 0.15) is 0 Å². The number of hydrogen-bond donors (Lipinski definition) is 0. The number of benzene rings is 1. The average Bonchev–Trinajstić information content (AvgIpc) is 2.05. The van der Waals surface area contributed by atoms with E-state index in [0.717, 1.165) is 0 Å². The molecule has 0 unspecified atom stereocenters. The molecule has 1 aromatic rings. The fourth-order valence-electron chi connectivity index (χ4n) is 0.790. The van der Waals surface area contributed by atoms with E-state index in [1.807, 2.05) is 6.07 Å². The topological polar surface area (TPSA) is 26.3 Å². The summed E-state index contributed by atoms with van der Waals surface area (Å²) in [7, 11) is 0. The Morgan fingerprint density at radius 3 is 2.50 bits per heavy atom. The number of carbonyl (C=O) groups is 1. The molecule has 1 atom stereocenters. The highest BCUT2D eigenvalue weighted by molar-refractivity contribution is 6.20. The molecular formula is C9H9ClO2. The highest BCUT2D eigenvalue weighted by Gasteiger charge is 2.07. The van der Waals surface area contributed by atoms with Gasteiger partial charge in [0.25, 0.3) is 0 Å². The minimum absolute atomic E-state index is 0.391. The molecule has 0 saturated heterocycles. The molecule has 0 aromatic heterocycles. The molecule has 2 nitrogen and oxygen atoms in total. The first kappa shape index (κ1) is 9.07. The van der Waals surface area contributed by atoms with Gasteiger partial charge in [0, 0.05) is 0 Å². The van der Waals surface area contributed by atoms with Crippen molar-refractivity contribution in [2.75, 3.05) is 0 Å². The van der Waals surface area contributed by atoms with Gasteiger partial charge in [-0.1, -0.05) is 29.8 Å². The van der Waals surface area contributed by atoms with Gasteiger partial charge in [-0.15, -0.1) is 0 Å². The van der Waals surface area contributed by atoms with E-state index in [-0.39, 0.29) is 0 Å². The Kier molecular flexibility index (Phi) is 3.11. The fraction of sp³-hybridized carbons (Fsp3) is 0.222. The van der Waals surface area contributed by atoms with E-state index >= 15 is 0 Å². The van der Waals surface area contributed by atoms with E-state index in [0.29, 0.717) is 5.56 Å². The summed E-state index contributed by atoms with van der Waals surface area (Å²) in [4.78, 5) is 11.1. The number of alkyl halides is 1. The third-order valence-corrected chi connectivity index (χ3v) is 1.37. The van der Waals surface area contributed by atoms with Crippen LogP contribution in [0.5, 0.6) is 0 Å². The monoisotopic (exact) mass is 184 g/mol. The Bertz CT molecular complexity index is 256.